The van der Waals surface area contributed by atoms with Crippen LogP contribution in [0.25, 0.3) is 28.0 Å². The summed E-state index contributed by atoms with van der Waals surface area (Å²) in [5.74, 6) is 0.0747. The highest BCUT2D eigenvalue weighted by Gasteiger charge is 2.55. The van der Waals surface area contributed by atoms with Crippen molar-refractivity contribution in [3.05, 3.63) is 48.9 Å². The third-order valence-electron chi connectivity index (χ3n) is 7.15. The molecule has 32 heavy (non-hydrogen) atoms. The molecule has 2 fully saturated rings. The first kappa shape index (κ1) is 19.4. The zero-order valence-electron chi connectivity index (χ0n) is 17.9. The van der Waals surface area contributed by atoms with Gasteiger partial charge in [-0.25, -0.2) is 9.07 Å². The fourth-order valence-corrected chi connectivity index (χ4v) is 5.52. The highest BCUT2D eigenvalue weighted by molar-refractivity contribution is 5.81. The zero-order chi connectivity index (χ0) is 22.1. The van der Waals surface area contributed by atoms with Crippen molar-refractivity contribution in [3.63, 3.8) is 0 Å². The number of hydrogen-bond donors (Lipinski definition) is 2. The van der Waals surface area contributed by atoms with E-state index in [1.54, 1.807) is 29.2 Å². The molecule has 0 radical (unpaired) electrons. The summed E-state index contributed by atoms with van der Waals surface area (Å²) in [5.41, 5.74) is 1.90. The van der Waals surface area contributed by atoms with E-state index < -0.39 is 11.7 Å². The maximum atomic E-state index is 15.6. The zero-order valence-corrected chi connectivity index (χ0v) is 17.9. The van der Waals surface area contributed by atoms with Crippen molar-refractivity contribution in [2.45, 2.75) is 56.4 Å². The molecule has 1 aromatic carbocycles. The molecule has 0 amide bonds. The van der Waals surface area contributed by atoms with Crippen LogP contribution in [0.4, 0.5) is 4.39 Å². The van der Waals surface area contributed by atoms with Gasteiger partial charge >= 0.3 is 0 Å². The second kappa shape index (κ2) is 6.59. The van der Waals surface area contributed by atoms with Gasteiger partial charge in [-0.3, -0.25) is 0 Å². The van der Waals surface area contributed by atoms with Gasteiger partial charge < -0.3 is 15.0 Å². The number of piperidine rings is 1. The quantitative estimate of drug-likeness (QED) is 0.513. The number of benzene rings is 1. The van der Waals surface area contributed by atoms with E-state index in [9.17, 15) is 5.11 Å². The first-order chi connectivity index (χ1) is 15.4. The van der Waals surface area contributed by atoms with Crippen molar-refractivity contribution in [1.29, 1.82) is 0 Å². The lowest BCUT2D eigenvalue weighted by Gasteiger charge is -2.45. The predicted octanol–water partition coefficient (Wildman–Crippen LogP) is 3.57. The van der Waals surface area contributed by atoms with E-state index in [0.29, 0.717) is 29.0 Å². The number of phenols is 1. The number of nitrogens with zero attached hydrogens (tertiary/aromatic N) is 6. The van der Waals surface area contributed by atoms with Gasteiger partial charge in [0.15, 0.2) is 5.65 Å². The van der Waals surface area contributed by atoms with E-state index >= 15 is 4.39 Å². The Bertz CT molecular complexity index is 1320. The fraction of sp³-hybridized carbons (Fsp3) is 0.391. The number of aromatic nitrogens is 6. The third kappa shape index (κ3) is 2.84. The van der Waals surface area contributed by atoms with Gasteiger partial charge in [0.05, 0.1) is 29.8 Å². The summed E-state index contributed by atoms with van der Waals surface area (Å²) in [6, 6.07) is 8.76. The topological polar surface area (TPSA) is 93.7 Å². The van der Waals surface area contributed by atoms with Crippen molar-refractivity contribution in [3.8, 4) is 22.7 Å². The normalized spacial score (nSPS) is 29.6. The summed E-state index contributed by atoms with van der Waals surface area (Å²) in [6.45, 7) is 4.16. The van der Waals surface area contributed by atoms with Gasteiger partial charge in [0.25, 0.3) is 0 Å². The van der Waals surface area contributed by atoms with Crippen molar-refractivity contribution < 1.29 is 9.50 Å². The summed E-state index contributed by atoms with van der Waals surface area (Å²) in [7, 11) is 0. The number of fused-ring (bicyclic) bond motifs is 3. The molecule has 164 valence electrons. The Morgan fingerprint density at radius 3 is 2.78 bits per heavy atom. The summed E-state index contributed by atoms with van der Waals surface area (Å²) >= 11 is 0. The molecule has 2 N–H and O–H groups in total. The van der Waals surface area contributed by atoms with Crippen LogP contribution in [0.5, 0.6) is 5.75 Å². The Morgan fingerprint density at radius 1 is 1.12 bits per heavy atom. The summed E-state index contributed by atoms with van der Waals surface area (Å²) < 4.78 is 19.1. The highest BCUT2D eigenvalue weighted by Crippen LogP contribution is 2.48. The van der Waals surface area contributed by atoms with Crippen LogP contribution in [-0.2, 0) is 0 Å². The molecule has 2 bridgehead atoms. The predicted molar refractivity (Wildman–Crippen MR) is 117 cm³/mol. The van der Waals surface area contributed by atoms with Gasteiger partial charge in [0, 0.05) is 34.3 Å². The minimum Gasteiger partial charge on any atom is -0.507 e. The molecule has 2 aliphatic rings. The molecule has 0 spiro atoms. The van der Waals surface area contributed by atoms with Gasteiger partial charge in [-0.2, -0.15) is 0 Å². The Kier molecular flexibility index (Phi) is 3.98. The van der Waals surface area contributed by atoms with Crippen LogP contribution in [0.3, 0.4) is 0 Å². The molecule has 5 heterocycles. The summed E-state index contributed by atoms with van der Waals surface area (Å²) in [5, 5.41) is 31.5. The Hall–Kier alpha value is -3.33. The molecule has 6 rings (SSSR count). The van der Waals surface area contributed by atoms with Gasteiger partial charge in [0.2, 0.25) is 0 Å². The first-order valence-corrected chi connectivity index (χ1v) is 10.8. The van der Waals surface area contributed by atoms with Crippen LogP contribution in [0.1, 0.15) is 39.2 Å². The number of phenolic OH excluding ortho intramolecular Hbond substituents is 1. The third-order valence-corrected chi connectivity index (χ3v) is 7.15. The fourth-order valence-electron chi connectivity index (χ4n) is 5.52. The standard InChI is InChI=1S/C23H24FN7O/c1-22-6-7-23(2,28-22)20(24)18(13-22)30-9-5-14-11-17(26-27-21(14)30)16-4-3-15(12-19(16)32)31-10-8-25-29-31/h3-5,8-12,18,20,28,32H,6-7,13H2,1-2H3/t18?,20-,22?,23+/m1/s1. The van der Waals surface area contributed by atoms with Crippen LogP contribution in [0.15, 0.2) is 48.9 Å². The summed E-state index contributed by atoms with van der Waals surface area (Å²) in [6.07, 6.45) is 6.69. The Morgan fingerprint density at radius 2 is 2.00 bits per heavy atom. The molecule has 4 aromatic rings. The van der Waals surface area contributed by atoms with Crippen LogP contribution in [-0.4, -0.2) is 52.1 Å². The van der Waals surface area contributed by atoms with E-state index in [0.717, 1.165) is 18.2 Å². The molecule has 2 aliphatic heterocycles. The molecule has 0 saturated carbocycles. The number of alkyl halides is 1. The molecule has 2 saturated heterocycles. The van der Waals surface area contributed by atoms with E-state index in [1.165, 1.54) is 0 Å². The molecular weight excluding hydrogens is 409 g/mol. The van der Waals surface area contributed by atoms with E-state index in [1.807, 2.05) is 35.9 Å². The van der Waals surface area contributed by atoms with Gasteiger partial charge in [-0.05, 0) is 57.4 Å². The maximum absolute atomic E-state index is 15.6. The number of aromatic hydroxyl groups is 1. The van der Waals surface area contributed by atoms with Crippen LogP contribution >= 0.6 is 0 Å². The number of nitrogens with one attached hydrogen (secondary N) is 1. The molecule has 4 atom stereocenters. The minimum atomic E-state index is -1.01. The minimum absolute atomic E-state index is 0.0659. The number of rotatable bonds is 3. The Labute approximate surface area is 184 Å². The molecule has 2 unspecified atom stereocenters. The molecule has 9 heteroatoms. The Balaban J connectivity index is 1.36. The average molecular weight is 433 g/mol. The van der Waals surface area contributed by atoms with E-state index in [2.05, 4.69) is 32.7 Å². The molecule has 0 aliphatic carbocycles. The van der Waals surface area contributed by atoms with Crippen LogP contribution in [0.2, 0.25) is 0 Å². The monoisotopic (exact) mass is 433 g/mol. The first-order valence-electron chi connectivity index (χ1n) is 10.8. The van der Waals surface area contributed by atoms with Crippen molar-refractivity contribution >= 4 is 11.0 Å². The average Bonchev–Trinajstić information content (AvgIpc) is 3.50. The second-order valence-corrected chi connectivity index (χ2v) is 9.56. The maximum Gasteiger partial charge on any atom is 0.162 e. The van der Waals surface area contributed by atoms with E-state index in [-0.39, 0.29) is 17.3 Å². The van der Waals surface area contributed by atoms with Crippen LogP contribution in [0, 0.1) is 0 Å². The highest BCUT2D eigenvalue weighted by atomic mass is 19.1. The number of hydrogen-bond acceptors (Lipinski definition) is 6. The largest absolute Gasteiger partial charge is 0.507 e. The number of halogens is 1. The lowest BCUT2D eigenvalue weighted by Crippen LogP contribution is -2.60. The van der Waals surface area contributed by atoms with Gasteiger partial charge in [-0.1, -0.05) is 5.21 Å². The van der Waals surface area contributed by atoms with Gasteiger partial charge in [0.1, 0.15) is 11.9 Å². The van der Waals surface area contributed by atoms with Crippen LogP contribution < -0.4 is 5.32 Å². The van der Waals surface area contributed by atoms with Crippen molar-refractivity contribution in [2.24, 2.45) is 0 Å². The van der Waals surface area contributed by atoms with E-state index in [4.69, 9.17) is 0 Å². The molecule has 3 aromatic heterocycles. The van der Waals surface area contributed by atoms with Gasteiger partial charge in [-0.15, -0.1) is 15.3 Å². The SMILES string of the molecule is CC12CC[C@](C)(N1)[C@H](F)C(n1ccc3cc(-c4ccc(-n5ccnn5)cc4O)nnc31)C2. The molecular formula is C23H24FN7O. The molecule has 8 nitrogen and oxygen atoms in total. The van der Waals surface area contributed by atoms with Crippen molar-refractivity contribution in [2.75, 3.05) is 0 Å². The smallest absolute Gasteiger partial charge is 0.162 e. The van der Waals surface area contributed by atoms with Crippen molar-refractivity contribution in [1.82, 2.24) is 35.1 Å². The second-order valence-electron chi connectivity index (χ2n) is 9.56. The summed E-state index contributed by atoms with van der Waals surface area (Å²) in [4.78, 5) is 0. The lowest BCUT2D eigenvalue weighted by molar-refractivity contribution is 0.0583. The lowest BCUT2D eigenvalue weighted by atomic mass is 9.83.